The number of fused-ring (bicyclic) bond motifs is 1. The summed E-state index contributed by atoms with van der Waals surface area (Å²) in [6.07, 6.45) is 2.70. The van der Waals surface area contributed by atoms with E-state index in [0.717, 1.165) is 11.1 Å². The molecule has 1 aliphatic rings. The van der Waals surface area contributed by atoms with Crippen LogP contribution in [-0.2, 0) is 0 Å². The van der Waals surface area contributed by atoms with Gasteiger partial charge >= 0.3 is 0 Å². The molecular weight excluding hydrogens is 250 g/mol. The van der Waals surface area contributed by atoms with Crippen molar-refractivity contribution in [1.29, 1.82) is 5.26 Å². The number of aliphatic hydroxyl groups is 1. The van der Waals surface area contributed by atoms with Gasteiger partial charge in [0.1, 0.15) is 18.0 Å². The number of nitriles is 1. The monoisotopic (exact) mass is 263 g/mol. The fourth-order valence-electron chi connectivity index (χ4n) is 2.28. The molecule has 0 spiro atoms. The van der Waals surface area contributed by atoms with Gasteiger partial charge in [-0.1, -0.05) is 30.3 Å². The average Bonchev–Trinajstić information content (AvgIpc) is 2.51. The van der Waals surface area contributed by atoms with E-state index in [0.29, 0.717) is 11.3 Å². The highest BCUT2D eigenvalue weighted by atomic mass is 16.5. The molecule has 2 aromatic rings. The molecule has 0 bridgehead atoms. The molecule has 1 N–H and O–H groups in total. The molecule has 98 valence electrons. The van der Waals surface area contributed by atoms with Crippen LogP contribution in [0.25, 0.3) is 6.08 Å². The second-order valence-electron chi connectivity index (χ2n) is 4.65. The summed E-state index contributed by atoms with van der Waals surface area (Å²) >= 11 is 0. The van der Waals surface area contributed by atoms with Crippen molar-refractivity contribution in [2.45, 2.75) is 12.2 Å². The smallest absolute Gasteiger partial charge is 0.147 e. The Hall–Kier alpha value is -2.57. The Bertz CT molecular complexity index is 683. The van der Waals surface area contributed by atoms with E-state index in [1.807, 2.05) is 36.4 Å². The molecule has 20 heavy (non-hydrogen) atoms. The van der Waals surface area contributed by atoms with Crippen LogP contribution >= 0.6 is 0 Å². The minimum absolute atomic E-state index is 0.419. The van der Waals surface area contributed by atoms with Gasteiger partial charge in [-0.2, -0.15) is 5.26 Å². The fraction of sp³-hybridized carbons (Fsp3) is 0.118. The molecule has 3 heteroatoms. The minimum atomic E-state index is -0.688. The van der Waals surface area contributed by atoms with Gasteiger partial charge in [0.2, 0.25) is 0 Å². The molecule has 2 atom stereocenters. The third kappa shape index (κ3) is 2.29. The zero-order valence-corrected chi connectivity index (χ0v) is 10.7. The number of ether oxygens (including phenoxy) is 1. The van der Waals surface area contributed by atoms with Gasteiger partial charge in [-0.05, 0) is 41.5 Å². The third-order valence-corrected chi connectivity index (χ3v) is 3.35. The maximum Gasteiger partial charge on any atom is 0.147 e. The molecule has 3 nitrogen and oxygen atoms in total. The Morgan fingerprint density at radius 1 is 1.05 bits per heavy atom. The normalized spacial score (nSPS) is 20.0. The maximum absolute atomic E-state index is 10.4. The minimum Gasteiger partial charge on any atom is -0.483 e. The van der Waals surface area contributed by atoms with Gasteiger partial charge in [0, 0.05) is 0 Å². The zero-order chi connectivity index (χ0) is 13.9. The van der Waals surface area contributed by atoms with E-state index in [-0.39, 0.29) is 0 Å². The van der Waals surface area contributed by atoms with Gasteiger partial charge in [-0.15, -0.1) is 0 Å². The van der Waals surface area contributed by atoms with Crippen LogP contribution in [0.4, 0.5) is 0 Å². The Morgan fingerprint density at radius 2 is 1.80 bits per heavy atom. The van der Waals surface area contributed by atoms with Gasteiger partial charge in [0.15, 0.2) is 0 Å². The summed E-state index contributed by atoms with van der Waals surface area (Å²) in [5, 5.41) is 19.1. The average molecular weight is 263 g/mol. The first-order chi connectivity index (χ1) is 9.78. The predicted molar refractivity (Wildman–Crippen MR) is 76.0 cm³/mol. The molecular formula is C17H13NO2. The highest BCUT2D eigenvalue weighted by molar-refractivity contribution is 5.58. The van der Waals surface area contributed by atoms with Crippen molar-refractivity contribution in [1.82, 2.24) is 0 Å². The molecule has 0 saturated carbocycles. The van der Waals surface area contributed by atoms with Gasteiger partial charge in [0.25, 0.3) is 0 Å². The van der Waals surface area contributed by atoms with Crippen molar-refractivity contribution in [3.8, 4) is 11.8 Å². The number of rotatable bonds is 2. The van der Waals surface area contributed by atoms with Gasteiger partial charge in [-0.3, -0.25) is 0 Å². The Kier molecular flexibility index (Phi) is 3.24. The lowest BCUT2D eigenvalue weighted by Gasteiger charge is -2.26. The highest BCUT2D eigenvalue weighted by Gasteiger charge is 2.25. The standard InChI is InChI=1S/C17H13NO2/c18-11-12-5-8-14(9-6-12)20-16-10-7-13-3-1-2-4-15(13)17(16)19/h1-10,16-17,19H/t16-,17-/m1/s1. The Balaban J connectivity index is 1.81. The SMILES string of the molecule is N#Cc1ccc(O[C@@H]2C=Cc3ccccc3[C@H]2O)cc1. The highest BCUT2D eigenvalue weighted by Crippen LogP contribution is 2.30. The number of hydrogen-bond acceptors (Lipinski definition) is 3. The summed E-state index contributed by atoms with van der Waals surface area (Å²) in [7, 11) is 0. The summed E-state index contributed by atoms with van der Waals surface area (Å²) in [4.78, 5) is 0. The van der Waals surface area contributed by atoms with Crippen molar-refractivity contribution < 1.29 is 9.84 Å². The van der Waals surface area contributed by atoms with Gasteiger partial charge in [-0.25, -0.2) is 0 Å². The second kappa shape index (κ2) is 5.20. The number of hydrogen-bond donors (Lipinski definition) is 1. The molecule has 0 aliphatic heterocycles. The number of aliphatic hydroxyl groups excluding tert-OH is 1. The molecule has 0 fully saturated rings. The second-order valence-corrected chi connectivity index (χ2v) is 4.65. The summed E-state index contributed by atoms with van der Waals surface area (Å²) in [6.45, 7) is 0. The van der Waals surface area contributed by atoms with E-state index < -0.39 is 12.2 Å². The maximum atomic E-state index is 10.4. The molecule has 3 rings (SSSR count). The van der Waals surface area contributed by atoms with E-state index >= 15 is 0 Å². The van der Waals surface area contributed by atoms with Crippen LogP contribution in [0.2, 0.25) is 0 Å². The molecule has 0 radical (unpaired) electrons. The molecule has 0 unspecified atom stereocenters. The molecule has 0 heterocycles. The quantitative estimate of drug-likeness (QED) is 0.906. The fourth-order valence-corrected chi connectivity index (χ4v) is 2.28. The Labute approximate surface area is 117 Å². The van der Waals surface area contributed by atoms with Gasteiger partial charge in [0.05, 0.1) is 11.6 Å². The van der Waals surface area contributed by atoms with Crippen LogP contribution in [0.15, 0.2) is 54.6 Å². The van der Waals surface area contributed by atoms with E-state index in [4.69, 9.17) is 10.00 Å². The largest absolute Gasteiger partial charge is 0.483 e. The molecule has 0 amide bonds. The van der Waals surface area contributed by atoms with Crippen molar-refractivity contribution in [3.63, 3.8) is 0 Å². The van der Waals surface area contributed by atoms with E-state index in [1.165, 1.54) is 0 Å². The van der Waals surface area contributed by atoms with Crippen LogP contribution in [0.5, 0.6) is 5.75 Å². The molecule has 2 aromatic carbocycles. The van der Waals surface area contributed by atoms with E-state index in [2.05, 4.69) is 6.07 Å². The summed E-state index contributed by atoms with van der Waals surface area (Å²) < 4.78 is 5.78. The van der Waals surface area contributed by atoms with E-state index in [9.17, 15) is 5.11 Å². The first-order valence-corrected chi connectivity index (χ1v) is 6.40. The van der Waals surface area contributed by atoms with E-state index in [1.54, 1.807) is 24.3 Å². The van der Waals surface area contributed by atoms with Crippen LogP contribution in [-0.4, -0.2) is 11.2 Å². The molecule has 0 aromatic heterocycles. The lowest BCUT2D eigenvalue weighted by molar-refractivity contribution is 0.0623. The summed E-state index contributed by atoms with van der Waals surface area (Å²) in [6, 6.07) is 16.6. The first-order valence-electron chi connectivity index (χ1n) is 6.40. The summed E-state index contributed by atoms with van der Waals surface area (Å²) in [5.41, 5.74) is 2.47. The first kappa shape index (κ1) is 12.5. The van der Waals surface area contributed by atoms with Crippen molar-refractivity contribution in [2.75, 3.05) is 0 Å². The summed E-state index contributed by atoms with van der Waals surface area (Å²) in [5.74, 6) is 0.636. The molecule has 1 aliphatic carbocycles. The number of benzene rings is 2. The van der Waals surface area contributed by atoms with Crippen LogP contribution in [0.1, 0.15) is 22.8 Å². The van der Waals surface area contributed by atoms with Gasteiger partial charge < -0.3 is 9.84 Å². The van der Waals surface area contributed by atoms with Crippen LogP contribution in [0, 0.1) is 11.3 Å². The van der Waals surface area contributed by atoms with Crippen molar-refractivity contribution >= 4 is 6.08 Å². The molecule has 0 saturated heterocycles. The number of nitrogens with zero attached hydrogens (tertiary/aromatic N) is 1. The topological polar surface area (TPSA) is 53.2 Å². The van der Waals surface area contributed by atoms with Crippen LogP contribution < -0.4 is 4.74 Å². The van der Waals surface area contributed by atoms with Crippen LogP contribution in [0.3, 0.4) is 0 Å². The lowest BCUT2D eigenvalue weighted by atomic mass is 9.93. The third-order valence-electron chi connectivity index (χ3n) is 3.35. The van der Waals surface area contributed by atoms with Crippen molar-refractivity contribution in [3.05, 3.63) is 71.3 Å². The Morgan fingerprint density at radius 3 is 2.55 bits per heavy atom. The van der Waals surface area contributed by atoms with Crippen molar-refractivity contribution in [2.24, 2.45) is 0 Å². The predicted octanol–water partition coefficient (Wildman–Crippen LogP) is 3.07. The lowest BCUT2D eigenvalue weighted by Crippen LogP contribution is -2.25. The zero-order valence-electron chi connectivity index (χ0n) is 10.7.